The molecule has 4 aromatic rings. The Balaban J connectivity index is 1.82. The van der Waals surface area contributed by atoms with E-state index in [9.17, 15) is 5.11 Å². The number of benzene rings is 2. The smallest absolute Gasteiger partial charge is 0.162 e. The fourth-order valence-electron chi connectivity index (χ4n) is 2.71. The second kappa shape index (κ2) is 6.68. The van der Waals surface area contributed by atoms with E-state index in [0.717, 1.165) is 16.5 Å². The second-order valence-corrected chi connectivity index (χ2v) is 5.66. The summed E-state index contributed by atoms with van der Waals surface area (Å²) in [5.41, 5.74) is 2.41. The summed E-state index contributed by atoms with van der Waals surface area (Å²) in [4.78, 5) is 13.4. The maximum Gasteiger partial charge on any atom is 0.162 e. The molecule has 0 aliphatic heterocycles. The van der Waals surface area contributed by atoms with Crippen molar-refractivity contribution in [3.8, 4) is 22.9 Å². The first-order chi connectivity index (χ1) is 12.7. The summed E-state index contributed by atoms with van der Waals surface area (Å²) in [6.45, 7) is 0. The van der Waals surface area contributed by atoms with Gasteiger partial charge in [0.2, 0.25) is 0 Å². The standard InChI is InChI=1S/C20H16N4O2/c1-26-18-7-6-14(12-17(18)25)22-20-15-4-2-3-5-16(15)23-19(24-20)13-8-10-21-11-9-13/h2-12,25H,1H3,(H,22,23,24). The normalized spacial score (nSPS) is 10.7. The Morgan fingerprint density at radius 3 is 2.54 bits per heavy atom. The van der Waals surface area contributed by atoms with Crippen molar-refractivity contribution in [3.05, 3.63) is 67.0 Å². The maximum absolute atomic E-state index is 10.0. The van der Waals surface area contributed by atoms with Gasteiger partial charge in [-0.2, -0.15) is 0 Å². The minimum atomic E-state index is 0.0604. The van der Waals surface area contributed by atoms with Gasteiger partial charge in [-0.1, -0.05) is 12.1 Å². The van der Waals surface area contributed by atoms with Crippen molar-refractivity contribution in [1.82, 2.24) is 15.0 Å². The van der Waals surface area contributed by atoms with E-state index < -0.39 is 0 Å². The fourth-order valence-corrected chi connectivity index (χ4v) is 2.71. The number of aromatic hydroxyl groups is 1. The highest BCUT2D eigenvalue weighted by Crippen LogP contribution is 2.32. The van der Waals surface area contributed by atoms with Gasteiger partial charge in [0.15, 0.2) is 17.3 Å². The summed E-state index contributed by atoms with van der Waals surface area (Å²) in [5, 5.41) is 14.2. The fraction of sp³-hybridized carbons (Fsp3) is 0.0500. The molecular weight excluding hydrogens is 328 g/mol. The highest BCUT2D eigenvalue weighted by atomic mass is 16.5. The summed E-state index contributed by atoms with van der Waals surface area (Å²) >= 11 is 0. The van der Waals surface area contributed by atoms with Gasteiger partial charge in [-0.25, -0.2) is 9.97 Å². The van der Waals surface area contributed by atoms with Crippen LogP contribution >= 0.6 is 0 Å². The number of hydrogen-bond acceptors (Lipinski definition) is 6. The lowest BCUT2D eigenvalue weighted by Gasteiger charge is -2.12. The highest BCUT2D eigenvalue weighted by Gasteiger charge is 2.10. The van der Waals surface area contributed by atoms with Crippen LogP contribution in [0.2, 0.25) is 0 Å². The first-order valence-corrected chi connectivity index (χ1v) is 8.06. The number of para-hydroxylation sites is 1. The average Bonchev–Trinajstić information content (AvgIpc) is 2.69. The van der Waals surface area contributed by atoms with Crippen molar-refractivity contribution in [2.45, 2.75) is 0 Å². The molecule has 0 saturated carbocycles. The largest absolute Gasteiger partial charge is 0.504 e. The van der Waals surface area contributed by atoms with Crippen LogP contribution in [0.4, 0.5) is 11.5 Å². The lowest BCUT2D eigenvalue weighted by molar-refractivity contribution is 0.373. The van der Waals surface area contributed by atoms with Crippen LogP contribution < -0.4 is 10.1 Å². The molecule has 4 rings (SSSR count). The Hall–Kier alpha value is -3.67. The minimum absolute atomic E-state index is 0.0604. The minimum Gasteiger partial charge on any atom is -0.504 e. The quantitative estimate of drug-likeness (QED) is 0.579. The summed E-state index contributed by atoms with van der Waals surface area (Å²) in [6, 6.07) is 16.6. The molecule has 2 aromatic heterocycles. The van der Waals surface area contributed by atoms with E-state index in [1.54, 1.807) is 24.5 Å². The molecule has 0 spiro atoms. The predicted octanol–water partition coefficient (Wildman–Crippen LogP) is 4.15. The zero-order valence-corrected chi connectivity index (χ0v) is 14.0. The molecule has 0 saturated heterocycles. The van der Waals surface area contributed by atoms with Crippen LogP contribution in [0.3, 0.4) is 0 Å². The molecule has 26 heavy (non-hydrogen) atoms. The molecule has 0 bridgehead atoms. The van der Waals surface area contributed by atoms with Crippen LogP contribution in [-0.4, -0.2) is 27.2 Å². The van der Waals surface area contributed by atoms with Crippen molar-refractivity contribution in [1.29, 1.82) is 0 Å². The SMILES string of the molecule is COc1ccc(Nc2nc(-c3ccncc3)nc3ccccc23)cc1O. The van der Waals surface area contributed by atoms with Gasteiger partial charge >= 0.3 is 0 Å². The highest BCUT2D eigenvalue weighted by molar-refractivity contribution is 5.92. The van der Waals surface area contributed by atoms with Gasteiger partial charge in [0.25, 0.3) is 0 Å². The van der Waals surface area contributed by atoms with Crippen LogP contribution in [0, 0.1) is 0 Å². The van der Waals surface area contributed by atoms with Crippen molar-refractivity contribution >= 4 is 22.4 Å². The number of pyridine rings is 1. The third-order valence-corrected chi connectivity index (χ3v) is 3.98. The topological polar surface area (TPSA) is 80.2 Å². The van der Waals surface area contributed by atoms with E-state index in [0.29, 0.717) is 23.1 Å². The molecule has 128 valence electrons. The van der Waals surface area contributed by atoms with Crippen LogP contribution in [0.15, 0.2) is 67.0 Å². The second-order valence-electron chi connectivity index (χ2n) is 5.66. The molecule has 0 aliphatic carbocycles. The predicted molar refractivity (Wildman–Crippen MR) is 101 cm³/mol. The molecule has 0 aliphatic rings. The van der Waals surface area contributed by atoms with Crippen molar-refractivity contribution in [2.24, 2.45) is 0 Å². The Labute approximate surface area is 150 Å². The van der Waals surface area contributed by atoms with Gasteiger partial charge in [0.1, 0.15) is 5.82 Å². The van der Waals surface area contributed by atoms with Crippen LogP contribution in [0.25, 0.3) is 22.3 Å². The van der Waals surface area contributed by atoms with Gasteiger partial charge < -0.3 is 15.2 Å². The molecular formula is C20H16N4O2. The van der Waals surface area contributed by atoms with E-state index in [1.807, 2.05) is 42.5 Å². The number of nitrogens with one attached hydrogen (secondary N) is 1. The van der Waals surface area contributed by atoms with Crippen LogP contribution in [0.5, 0.6) is 11.5 Å². The molecule has 2 heterocycles. The Morgan fingerprint density at radius 2 is 1.77 bits per heavy atom. The van der Waals surface area contributed by atoms with E-state index in [4.69, 9.17) is 4.74 Å². The number of phenols is 1. The number of methoxy groups -OCH3 is 1. The molecule has 2 aromatic carbocycles. The third kappa shape index (κ3) is 3.00. The maximum atomic E-state index is 10.0. The Kier molecular flexibility index (Phi) is 4.07. The van der Waals surface area contributed by atoms with Crippen molar-refractivity contribution in [2.75, 3.05) is 12.4 Å². The summed E-state index contributed by atoms with van der Waals surface area (Å²) in [5.74, 6) is 1.74. The van der Waals surface area contributed by atoms with Gasteiger partial charge in [0.05, 0.1) is 12.6 Å². The number of aromatic nitrogens is 3. The molecule has 0 radical (unpaired) electrons. The Morgan fingerprint density at radius 1 is 0.962 bits per heavy atom. The number of rotatable bonds is 4. The molecule has 0 unspecified atom stereocenters. The summed E-state index contributed by atoms with van der Waals surface area (Å²) in [6.07, 6.45) is 3.42. The van der Waals surface area contributed by atoms with Gasteiger partial charge in [-0.15, -0.1) is 0 Å². The average molecular weight is 344 g/mol. The molecule has 6 nitrogen and oxygen atoms in total. The lowest BCUT2D eigenvalue weighted by Crippen LogP contribution is -1.99. The summed E-state index contributed by atoms with van der Waals surface area (Å²) < 4.78 is 5.09. The number of ether oxygens (including phenoxy) is 1. The van der Waals surface area contributed by atoms with Gasteiger partial charge in [-0.05, 0) is 36.4 Å². The van der Waals surface area contributed by atoms with Crippen LogP contribution in [0.1, 0.15) is 0 Å². The summed E-state index contributed by atoms with van der Waals surface area (Å²) in [7, 11) is 1.51. The zero-order chi connectivity index (χ0) is 17.9. The van der Waals surface area contributed by atoms with E-state index in [1.165, 1.54) is 7.11 Å². The first-order valence-electron chi connectivity index (χ1n) is 8.06. The monoisotopic (exact) mass is 344 g/mol. The lowest BCUT2D eigenvalue weighted by atomic mass is 10.2. The Bertz CT molecular complexity index is 1070. The number of fused-ring (bicyclic) bond motifs is 1. The molecule has 0 atom stereocenters. The number of hydrogen-bond donors (Lipinski definition) is 2. The van der Waals surface area contributed by atoms with Gasteiger partial charge in [0, 0.05) is 35.1 Å². The zero-order valence-electron chi connectivity index (χ0n) is 14.0. The molecule has 0 fully saturated rings. The van der Waals surface area contributed by atoms with Crippen molar-refractivity contribution < 1.29 is 9.84 Å². The van der Waals surface area contributed by atoms with E-state index in [-0.39, 0.29) is 5.75 Å². The third-order valence-electron chi connectivity index (χ3n) is 3.98. The molecule has 2 N–H and O–H groups in total. The molecule has 0 amide bonds. The van der Waals surface area contributed by atoms with Crippen molar-refractivity contribution in [3.63, 3.8) is 0 Å². The van der Waals surface area contributed by atoms with Crippen LogP contribution in [-0.2, 0) is 0 Å². The number of nitrogens with zero attached hydrogens (tertiary/aromatic N) is 3. The first kappa shape index (κ1) is 15.8. The number of anilines is 2. The number of phenolic OH excluding ortho intramolecular Hbond substituents is 1. The molecule has 6 heteroatoms. The van der Waals surface area contributed by atoms with E-state index >= 15 is 0 Å². The van der Waals surface area contributed by atoms with Gasteiger partial charge in [-0.3, -0.25) is 4.98 Å². The van der Waals surface area contributed by atoms with E-state index in [2.05, 4.69) is 20.3 Å².